The standard InChI is InChI=1S/C18H32N2O3Si/c1-6-21-24(22-7-2,23-8-3)11-9-10-20-14-19-17-12-15(4)16(5)13-18(17)20/h12-13,19H,6-11,14H2,1-5H3. The van der Waals surface area contributed by atoms with Crippen molar-refractivity contribution in [3.05, 3.63) is 23.3 Å². The first kappa shape index (κ1) is 19.2. The SMILES string of the molecule is CCO[Si](CCCN1CNc2cc(C)c(C)cc21)(OCC)OCC. The van der Waals surface area contributed by atoms with Crippen LogP contribution in [0.25, 0.3) is 0 Å². The number of hydrogen-bond acceptors (Lipinski definition) is 5. The molecular weight excluding hydrogens is 320 g/mol. The fourth-order valence-electron chi connectivity index (χ4n) is 3.16. The van der Waals surface area contributed by atoms with E-state index >= 15 is 0 Å². The molecular formula is C18H32N2O3Si. The van der Waals surface area contributed by atoms with Crippen molar-refractivity contribution in [3.8, 4) is 0 Å². The van der Waals surface area contributed by atoms with Crippen molar-refractivity contribution in [2.24, 2.45) is 0 Å². The lowest BCUT2D eigenvalue weighted by atomic mass is 10.1. The van der Waals surface area contributed by atoms with E-state index < -0.39 is 8.80 Å². The number of nitrogens with one attached hydrogen (secondary N) is 1. The fraction of sp³-hybridized carbons (Fsp3) is 0.667. The maximum Gasteiger partial charge on any atom is 0.500 e. The molecule has 0 radical (unpaired) electrons. The highest BCUT2D eigenvalue weighted by atomic mass is 28.4. The summed E-state index contributed by atoms with van der Waals surface area (Å²) in [6, 6.07) is 5.38. The maximum atomic E-state index is 5.94. The normalized spacial score (nSPS) is 14.0. The Hall–Kier alpha value is -1.08. The topological polar surface area (TPSA) is 43.0 Å². The summed E-state index contributed by atoms with van der Waals surface area (Å²) in [6.45, 7) is 14.1. The lowest BCUT2D eigenvalue weighted by molar-refractivity contribution is 0.0709. The number of aryl methyl sites for hydroxylation is 2. The first-order chi connectivity index (χ1) is 11.5. The van der Waals surface area contributed by atoms with Crippen LogP contribution >= 0.6 is 0 Å². The second kappa shape index (κ2) is 8.85. The molecule has 0 amide bonds. The summed E-state index contributed by atoms with van der Waals surface area (Å²) in [5, 5.41) is 3.48. The van der Waals surface area contributed by atoms with Crippen molar-refractivity contribution in [1.29, 1.82) is 0 Å². The first-order valence-corrected chi connectivity index (χ1v) is 11.0. The Morgan fingerprint density at radius 2 is 1.58 bits per heavy atom. The summed E-state index contributed by atoms with van der Waals surface area (Å²) in [6.07, 6.45) is 1.00. The number of anilines is 2. The average molecular weight is 353 g/mol. The molecule has 1 aromatic rings. The molecule has 2 rings (SSSR count). The van der Waals surface area contributed by atoms with Crippen molar-refractivity contribution in [2.45, 2.75) is 47.1 Å². The third kappa shape index (κ3) is 4.50. The van der Waals surface area contributed by atoms with E-state index in [0.717, 1.165) is 25.7 Å². The van der Waals surface area contributed by atoms with Gasteiger partial charge in [0, 0.05) is 32.4 Å². The van der Waals surface area contributed by atoms with E-state index in [-0.39, 0.29) is 0 Å². The highest BCUT2D eigenvalue weighted by Crippen LogP contribution is 2.34. The van der Waals surface area contributed by atoms with Gasteiger partial charge in [-0.05, 0) is 64.3 Å². The van der Waals surface area contributed by atoms with Crippen molar-refractivity contribution in [1.82, 2.24) is 0 Å². The smallest absolute Gasteiger partial charge is 0.374 e. The zero-order valence-electron chi connectivity index (χ0n) is 15.8. The molecule has 1 heterocycles. The molecule has 5 nitrogen and oxygen atoms in total. The highest BCUT2D eigenvalue weighted by Gasteiger charge is 2.39. The molecule has 136 valence electrons. The van der Waals surface area contributed by atoms with Gasteiger partial charge in [0.25, 0.3) is 0 Å². The van der Waals surface area contributed by atoms with Gasteiger partial charge in [-0.25, -0.2) is 0 Å². The second-order valence-electron chi connectivity index (χ2n) is 6.14. The van der Waals surface area contributed by atoms with Crippen LogP contribution in [0.2, 0.25) is 6.04 Å². The van der Waals surface area contributed by atoms with E-state index in [4.69, 9.17) is 13.3 Å². The van der Waals surface area contributed by atoms with Gasteiger partial charge in [0.15, 0.2) is 0 Å². The van der Waals surface area contributed by atoms with Crippen LogP contribution in [0.15, 0.2) is 12.1 Å². The number of hydrogen-bond donors (Lipinski definition) is 1. The maximum absolute atomic E-state index is 5.94. The minimum absolute atomic E-state index is 0.638. The quantitative estimate of drug-likeness (QED) is 0.646. The van der Waals surface area contributed by atoms with Gasteiger partial charge in [0.1, 0.15) is 0 Å². The largest absolute Gasteiger partial charge is 0.500 e. The number of nitrogens with zero attached hydrogens (tertiary/aromatic N) is 1. The van der Waals surface area contributed by atoms with Crippen LogP contribution < -0.4 is 10.2 Å². The molecule has 0 unspecified atom stereocenters. The molecule has 0 atom stereocenters. The van der Waals surface area contributed by atoms with Crippen LogP contribution in [-0.4, -0.2) is 41.8 Å². The van der Waals surface area contributed by atoms with Gasteiger partial charge in [-0.1, -0.05) is 0 Å². The molecule has 0 spiro atoms. The molecule has 1 aliphatic heterocycles. The second-order valence-corrected chi connectivity index (χ2v) is 8.87. The van der Waals surface area contributed by atoms with E-state index in [0.29, 0.717) is 19.8 Å². The van der Waals surface area contributed by atoms with Crippen LogP contribution in [0.5, 0.6) is 0 Å². The van der Waals surface area contributed by atoms with E-state index in [1.807, 2.05) is 20.8 Å². The monoisotopic (exact) mass is 352 g/mol. The molecule has 0 saturated carbocycles. The van der Waals surface area contributed by atoms with E-state index in [9.17, 15) is 0 Å². The molecule has 1 N–H and O–H groups in total. The van der Waals surface area contributed by atoms with Gasteiger partial charge in [-0.2, -0.15) is 0 Å². The zero-order valence-corrected chi connectivity index (χ0v) is 16.8. The predicted octanol–water partition coefficient (Wildman–Crippen LogP) is 3.93. The molecule has 0 bridgehead atoms. The summed E-state index contributed by atoms with van der Waals surface area (Å²) in [5.74, 6) is 0. The van der Waals surface area contributed by atoms with Crippen LogP contribution in [-0.2, 0) is 13.3 Å². The van der Waals surface area contributed by atoms with Gasteiger partial charge < -0.3 is 23.5 Å². The molecule has 0 aliphatic carbocycles. The summed E-state index contributed by atoms with van der Waals surface area (Å²) >= 11 is 0. The zero-order chi connectivity index (χ0) is 17.6. The number of benzene rings is 1. The van der Waals surface area contributed by atoms with Crippen LogP contribution in [0, 0.1) is 13.8 Å². The summed E-state index contributed by atoms with van der Waals surface area (Å²) in [4.78, 5) is 2.39. The average Bonchev–Trinajstić information content (AvgIpc) is 2.91. The Kier molecular flexibility index (Phi) is 7.10. The molecule has 1 aliphatic rings. The third-order valence-corrected chi connectivity index (χ3v) is 7.57. The van der Waals surface area contributed by atoms with Crippen molar-refractivity contribution in [3.63, 3.8) is 0 Å². The van der Waals surface area contributed by atoms with Crippen molar-refractivity contribution >= 4 is 20.2 Å². The van der Waals surface area contributed by atoms with Gasteiger partial charge in [-0.15, -0.1) is 0 Å². The van der Waals surface area contributed by atoms with Crippen LogP contribution in [0.1, 0.15) is 38.3 Å². The molecule has 0 fully saturated rings. The van der Waals surface area contributed by atoms with Gasteiger partial charge >= 0.3 is 8.80 Å². The van der Waals surface area contributed by atoms with E-state index in [2.05, 4.69) is 36.2 Å². The third-order valence-electron chi connectivity index (χ3n) is 4.42. The predicted molar refractivity (Wildman–Crippen MR) is 102 cm³/mol. The van der Waals surface area contributed by atoms with Crippen molar-refractivity contribution in [2.75, 3.05) is 43.3 Å². The van der Waals surface area contributed by atoms with Crippen molar-refractivity contribution < 1.29 is 13.3 Å². The minimum atomic E-state index is -2.53. The van der Waals surface area contributed by atoms with Crippen LogP contribution in [0.4, 0.5) is 11.4 Å². The lowest BCUT2D eigenvalue weighted by Gasteiger charge is -2.29. The minimum Gasteiger partial charge on any atom is -0.374 e. The highest BCUT2D eigenvalue weighted by molar-refractivity contribution is 6.60. The van der Waals surface area contributed by atoms with Crippen LogP contribution in [0.3, 0.4) is 0 Å². The molecule has 24 heavy (non-hydrogen) atoms. The van der Waals surface area contributed by atoms with E-state index in [1.165, 1.54) is 22.5 Å². The van der Waals surface area contributed by atoms with Gasteiger partial charge in [-0.3, -0.25) is 0 Å². The number of fused-ring (bicyclic) bond motifs is 1. The van der Waals surface area contributed by atoms with Gasteiger partial charge in [0.2, 0.25) is 0 Å². The van der Waals surface area contributed by atoms with E-state index in [1.54, 1.807) is 0 Å². The Labute approximate surface area is 147 Å². The molecule has 6 heteroatoms. The Bertz CT molecular complexity index is 522. The molecule has 0 aromatic heterocycles. The van der Waals surface area contributed by atoms with Gasteiger partial charge in [0.05, 0.1) is 18.0 Å². The Morgan fingerprint density at radius 1 is 1.00 bits per heavy atom. The first-order valence-electron chi connectivity index (χ1n) is 9.07. The molecule has 1 aromatic carbocycles. The Morgan fingerprint density at radius 3 is 2.17 bits per heavy atom. The summed E-state index contributed by atoms with van der Waals surface area (Å²) in [7, 11) is -2.53. The molecule has 0 saturated heterocycles. The fourth-order valence-corrected chi connectivity index (χ4v) is 5.75. The summed E-state index contributed by atoms with van der Waals surface area (Å²) < 4.78 is 17.8. The Balaban J connectivity index is 1.97. The summed E-state index contributed by atoms with van der Waals surface area (Å²) in [5.41, 5.74) is 5.21. The number of rotatable bonds is 10. The lowest BCUT2D eigenvalue weighted by Crippen LogP contribution is -2.46.